The fourth-order valence-electron chi connectivity index (χ4n) is 4.19. The summed E-state index contributed by atoms with van der Waals surface area (Å²) in [5, 5.41) is 14.4. The lowest BCUT2D eigenvalue weighted by molar-refractivity contribution is -0.123. The summed E-state index contributed by atoms with van der Waals surface area (Å²) in [5.74, 6) is 5.11. The van der Waals surface area contributed by atoms with Crippen LogP contribution < -0.4 is 16.4 Å². The first-order chi connectivity index (χ1) is 17.4. The van der Waals surface area contributed by atoms with E-state index in [1.165, 1.54) is 19.3 Å². The summed E-state index contributed by atoms with van der Waals surface area (Å²) in [6.07, 6.45) is 6.09. The van der Waals surface area contributed by atoms with Gasteiger partial charge in [-0.2, -0.15) is 0 Å². The number of anilines is 1. The average Bonchev–Trinajstić information content (AvgIpc) is 2.91. The van der Waals surface area contributed by atoms with E-state index < -0.39 is 24.3 Å². The number of hydrogen-bond donors (Lipinski definition) is 4. The zero-order valence-electron chi connectivity index (χ0n) is 20.6. The van der Waals surface area contributed by atoms with E-state index in [0.29, 0.717) is 18.2 Å². The van der Waals surface area contributed by atoms with Crippen molar-refractivity contribution < 1.29 is 19.5 Å². The van der Waals surface area contributed by atoms with E-state index in [2.05, 4.69) is 27.4 Å². The third-order valence-corrected chi connectivity index (χ3v) is 6.34. The molecule has 1 aliphatic rings. The molecule has 0 bridgehead atoms. The van der Waals surface area contributed by atoms with Crippen molar-refractivity contribution >= 4 is 23.3 Å². The van der Waals surface area contributed by atoms with Crippen LogP contribution in [0.1, 0.15) is 53.6 Å². The van der Waals surface area contributed by atoms with Crippen molar-refractivity contribution in [2.75, 3.05) is 32.1 Å². The van der Waals surface area contributed by atoms with Gasteiger partial charge in [0.2, 0.25) is 5.91 Å². The molecule has 36 heavy (non-hydrogen) atoms. The number of carbonyl (C=O) groups excluding carboxylic acids is 3. The summed E-state index contributed by atoms with van der Waals surface area (Å²) in [4.78, 5) is 38.4. The largest absolute Gasteiger partial charge is 0.388 e. The third kappa shape index (κ3) is 8.02. The Morgan fingerprint density at radius 1 is 1.00 bits per heavy atom. The van der Waals surface area contributed by atoms with E-state index in [4.69, 9.17) is 10.8 Å². The molecule has 0 saturated heterocycles. The molecule has 0 radical (unpaired) electrons. The van der Waals surface area contributed by atoms with Crippen LogP contribution in [-0.4, -0.2) is 66.4 Å². The average molecular weight is 491 g/mol. The predicted octanol–water partition coefficient (Wildman–Crippen LogP) is 1.91. The number of rotatable bonds is 9. The van der Waals surface area contributed by atoms with Gasteiger partial charge in [-0.15, -0.1) is 0 Å². The fraction of sp³-hybridized carbons (Fsp3) is 0.393. The molecule has 2 amide bonds. The minimum absolute atomic E-state index is 0.0236. The van der Waals surface area contributed by atoms with E-state index in [1.54, 1.807) is 24.3 Å². The van der Waals surface area contributed by atoms with Crippen LogP contribution in [0.15, 0.2) is 48.5 Å². The summed E-state index contributed by atoms with van der Waals surface area (Å²) in [6.45, 7) is -0.388. The number of carbonyl (C=O) groups is 3. The Balaban J connectivity index is 1.52. The standard InChI is InChI=1S/C28H34N4O4/c1-32(24-5-3-2-4-6-24)18-27(35)30-23-15-11-21(12-16-23)8-7-20-9-13-22(14-10-20)28(36)31-25(17-29)26(34)19-33/h9-16,24-25,33H,2-6,17-19,29H2,1H3,(H,30,35)(H,31,36)/t25-/m0/s1. The maximum atomic E-state index is 12.4. The molecule has 0 spiro atoms. The van der Waals surface area contributed by atoms with E-state index in [0.717, 1.165) is 29.7 Å². The van der Waals surface area contributed by atoms with Crippen molar-refractivity contribution in [2.45, 2.75) is 44.2 Å². The molecular formula is C28H34N4O4. The monoisotopic (exact) mass is 490 g/mol. The molecule has 3 rings (SSSR count). The Bertz CT molecular complexity index is 1100. The first kappa shape index (κ1) is 27.1. The Labute approximate surface area is 212 Å². The van der Waals surface area contributed by atoms with Gasteiger partial charge in [-0.1, -0.05) is 31.1 Å². The topological polar surface area (TPSA) is 125 Å². The van der Waals surface area contributed by atoms with Gasteiger partial charge in [0.1, 0.15) is 12.6 Å². The third-order valence-electron chi connectivity index (χ3n) is 6.34. The molecule has 1 atom stereocenters. The number of nitrogens with zero attached hydrogens (tertiary/aromatic N) is 1. The van der Waals surface area contributed by atoms with E-state index in [-0.39, 0.29) is 12.5 Å². The minimum Gasteiger partial charge on any atom is -0.388 e. The van der Waals surface area contributed by atoms with Gasteiger partial charge in [0, 0.05) is 35.0 Å². The maximum absolute atomic E-state index is 12.4. The molecule has 0 aromatic heterocycles. The molecular weight excluding hydrogens is 456 g/mol. The molecule has 190 valence electrons. The van der Waals surface area contributed by atoms with E-state index >= 15 is 0 Å². The molecule has 8 nitrogen and oxygen atoms in total. The molecule has 2 aromatic carbocycles. The highest BCUT2D eigenvalue weighted by molar-refractivity contribution is 5.98. The SMILES string of the molecule is CN(CC(=O)Nc1ccc(C#Cc2ccc(C(=O)N[C@@H](CN)C(=O)CO)cc2)cc1)C1CCCCC1. The number of nitrogens with two attached hydrogens (primary N) is 1. The number of benzene rings is 2. The van der Waals surface area contributed by atoms with Crippen molar-refractivity contribution in [3.8, 4) is 11.8 Å². The zero-order chi connectivity index (χ0) is 25.9. The van der Waals surface area contributed by atoms with Gasteiger partial charge >= 0.3 is 0 Å². The number of hydrogen-bond acceptors (Lipinski definition) is 6. The number of likely N-dealkylation sites (N-methyl/N-ethyl adjacent to an activating group) is 1. The van der Waals surface area contributed by atoms with Gasteiger partial charge in [0.25, 0.3) is 5.91 Å². The highest BCUT2D eigenvalue weighted by atomic mass is 16.3. The van der Waals surface area contributed by atoms with Crippen LogP contribution in [0.3, 0.4) is 0 Å². The summed E-state index contributed by atoms with van der Waals surface area (Å²) in [7, 11) is 2.02. The number of aliphatic hydroxyl groups is 1. The van der Waals surface area contributed by atoms with Crippen LogP contribution in [0, 0.1) is 11.8 Å². The zero-order valence-corrected chi connectivity index (χ0v) is 20.6. The summed E-state index contributed by atoms with van der Waals surface area (Å²) in [6, 6.07) is 13.6. The molecule has 1 fully saturated rings. The second-order valence-electron chi connectivity index (χ2n) is 9.05. The molecule has 0 aliphatic heterocycles. The van der Waals surface area contributed by atoms with Crippen molar-refractivity contribution in [3.05, 3.63) is 65.2 Å². The molecule has 0 heterocycles. The lowest BCUT2D eigenvalue weighted by atomic mass is 9.94. The van der Waals surface area contributed by atoms with Gasteiger partial charge in [-0.25, -0.2) is 0 Å². The number of Topliss-reactive ketones (excluding diaryl/α,β-unsaturated/α-hetero) is 1. The number of aliphatic hydroxyl groups excluding tert-OH is 1. The maximum Gasteiger partial charge on any atom is 0.251 e. The summed E-state index contributed by atoms with van der Waals surface area (Å²) >= 11 is 0. The van der Waals surface area contributed by atoms with Crippen molar-refractivity contribution in [3.63, 3.8) is 0 Å². The number of nitrogens with one attached hydrogen (secondary N) is 2. The number of amides is 2. The Hall–Kier alpha value is -3.51. The summed E-state index contributed by atoms with van der Waals surface area (Å²) in [5.41, 5.74) is 8.09. The normalized spacial score (nSPS) is 14.4. The van der Waals surface area contributed by atoms with Crippen LogP contribution >= 0.6 is 0 Å². The van der Waals surface area contributed by atoms with Gasteiger partial charge in [-0.05, 0) is 68.4 Å². The second kappa shape index (κ2) is 13.5. The van der Waals surface area contributed by atoms with Crippen LogP contribution in [0.2, 0.25) is 0 Å². The first-order valence-corrected chi connectivity index (χ1v) is 12.3. The van der Waals surface area contributed by atoms with Crippen molar-refractivity contribution in [2.24, 2.45) is 5.73 Å². The van der Waals surface area contributed by atoms with Gasteiger partial charge in [0.05, 0.1) is 6.54 Å². The smallest absolute Gasteiger partial charge is 0.251 e. The minimum atomic E-state index is -0.924. The fourth-order valence-corrected chi connectivity index (χ4v) is 4.19. The lowest BCUT2D eigenvalue weighted by Gasteiger charge is -2.30. The molecule has 5 N–H and O–H groups in total. The van der Waals surface area contributed by atoms with Crippen LogP contribution in [0.25, 0.3) is 0 Å². The second-order valence-corrected chi connectivity index (χ2v) is 9.05. The Morgan fingerprint density at radius 2 is 1.58 bits per heavy atom. The number of ketones is 1. The van der Waals surface area contributed by atoms with Gasteiger partial charge < -0.3 is 21.5 Å². The van der Waals surface area contributed by atoms with Crippen LogP contribution in [-0.2, 0) is 9.59 Å². The highest BCUT2D eigenvalue weighted by Crippen LogP contribution is 2.21. The van der Waals surface area contributed by atoms with Crippen LogP contribution in [0.4, 0.5) is 5.69 Å². The first-order valence-electron chi connectivity index (χ1n) is 12.3. The molecule has 8 heteroatoms. The molecule has 0 unspecified atom stereocenters. The Morgan fingerprint density at radius 3 is 2.14 bits per heavy atom. The quantitative estimate of drug-likeness (QED) is 0.398. The van der Waals surface area contributed by atoms with Gasteiger partial charge in [-0.3, -0.25) is 19.3 Å². The molecule has 1 saturated carbocycles. The molecule has 1 aliphatic carbocycles. The summed E-state index contributed by atoms with van der Waals surface area (Å²) < 4.78 is 0. The highest BCUT2D eigenvalue weighted by Gasteiger charge is 2.20. The van der Waals surface area contributed by atoms with Crippen molar-refractivity contribution in [1.29, 1.82) is 0 Å². The predicted molar refractivity (Wildman–Crippen MR) is 139 cm³/mol. The van der Waals surface area contributed by atoms with Crippen LogP contribution in [0.5, 0.6) is 0 Å². The lowest BCUT2D eigenvalue weighted by Crippen LogP contribution is -2.46. The van der Waals surface area contributed by atoms with Gasteiger partial charge in [0.15, 0.2) is 5.78 Å². The van der Waals surface area contributed by atoms with E-state index in [1.807, 2.05) is 31.3 Å². The Kier molecular flexibility index (Phi) is 10.2. The molecule has 2 aromatic rings. The van der Waals surface area contributed by atoms with Crippen molar-refractivity contribution in [1.82, 2.24) is 10.2 Å². The van der Waals surface area contributed by atoms with E-state index in [9.17, 15) is 14.4 Å².